The average Bonchev–Trinajstić information content (AvgIpc) is 3.20. The lowest BCUT2D eigenvalue weighted by molar-refractivity contribution is -0.121. The van der Waals surface area contributed by atoms with Crippen LogP contribution in [-0.2, 0) is 11.3 Å². The number of aromatic nitrogens is 1. The summed E-state index contributed by atoms with van der Waals surface area (Å²) in [5.41, 5.74) is 1.04. The molecule has 0 spiro atoms. The molecular weight excluding hydrogens is 316 g/mol. The van der Waals surface area contributed by atoms with E-state index < -0.39 is 6.10 Å². The monoisotopic (exact) mass is 332 g/mol. The Kier molecular flexibility index (Phi) is 4.69. The number of nitrogens with one attached hydrogen (secondary N) is 1. The number of aryl methyl sites for hydroxylation is 1. The number of hydrogen-bond donors (Lipinski definition) is 2. The molecule has 6 heteroatoms. The van der Waals surface area contributed by atoms with Crippen molar-refractivity contribution < 1.29 is 14.3 Å². The number of hydrogen-bond acceptors (Lipinski definition) is 3. The molecule has 0 fully saturated rings. The van der Waals surface area contributed by atoms with Crippen molar-refractivity contribution in [1.29, 1.82) is 0 Å². The van der Waals surface area contributed by atoms with Gasteiger partial charge in [0.05, 0.1) is 12.8 Å². The minimum atomic E-state index is -0.830. The zero-order valence-electron chi connectivity index (χ0n) is 12.4. The fourth-order valence-corrected chi connectivity index (χ4v) is 2.65. The Morgan fingerprint density at radius 1 is 1.35 bits per heavy atom. The number of carbonyl (C=O) groups excluding carboxylic acids is 1. The first-order chi connectivity index (χ1) is 11.1. The van der Waals surface area contributed by atoms with E-state index in [1.165, 1.54) is 6.26 Å². The summed E-state index contributed by atoms with van der Waals surface area (Å²) in [5, 5.41) is 14.3. The molecule has 1 atom stereocenters. The SMILES string of the molecule is O=C(CCn1ccc2cc(Cl)ccc21)NC[C@H](O)c1ccco1. The Hall–Kier alpha value is -2.24. The van der Waals surface area contributed by atoms with E-state index in [1.54, 1.807) is 12.1 Å². The first-order valence-electron chi connectivity index (χ1n) is 7.36. The van der Waals surface area contributed by atoms with E-state index in [4.69, 9.17) is 16.0 Å². The first-order valence-corrected chi connectivity index (χ1v) is 7.74. The molecule has 0 aliphatic heterocycles. The number of nitrogens with zero attached hydrogens (tertiary/aromatic N) is 1. The van der Waals surface area contributed by atoms with Gasteiger partial charge in [-0.25, -0.2) is 0 Å². The molecule has 0 radical (unpaired) electrons. The Labute approximate surface area is 138 Å². The summed E-state index contributed by atoms with van der Waals surface area (Å²) >= 11 is 5.96. The molecule has 0 saturated heterocycles. The van der Waals surface area contributed by atoms with Crippen LogP contribution in [0.3, 0.4) is 0 Å². The molecule has 0 unspecified atom stereocenters. The minimum Gasteiger partial charge on any atom is -0.467 e. The van der Waals surface area contributed by atoms with Crippen LogP contribution in [0.1, 0.15) is 18.3 Å². The largest absolute Gasteiger partial charge is 0.467 e. The maximum Gasteiger partial charge on any atom is 0.221 e. The van der Waals surface area contributed by atoms with Gasteiger partial charge in [-0.15, -0.1) is 0 Å². The predicted molar refractivity (Wildman–Crippen MR) is 88.2 cm³/mol. The Balaban J connectivity index is 1.52. The van der Waals surface area contributed by atoms with Gasteiger partial charge in [0.25, 0.3) is 0 Å². The molecule has 2 aromatic heterocycles. The molecule has 0 saturated carbocycles. The van der Waals surface area contributed by atoms with Crippen molar-refractivity contribution in [3.8, 4) is 0 Å². The fourth-order valence-electron chi connectivity index (χ4n) is 2.47. The van der Waals surface area contributed by atoms with Gasteiger partial charge in [0.2, 0.25) is 5.91 Å². The summed E-state index contributed by atoms with van der Waals surface area (Å²) in [5.74, 6) is 0.324. The number of carbonyl (C=O) groups is 1. The van der Waals surface area contributed by atoms with Gasteiger partial charge in [-0.3, -0.25) is 4.79 Å². The van der Waals surface area contributed by atoms with Crippen molar-refractivity contribution in [3.05, 3.63) is 59.6 Å². The van der Waals surface area contributed by atoms with E-state index in [-0.39, 0.29) is 12.5 Å². The second-order valence-corrected chi connectivity index (χ2v) is 5.73. The number of fused-ring (bicyclic) bond motifs is 1. The number of benzene rings is 1. The number of amides is 1. The van der Waals surface area contributed by atoms with Gasteiger partial charge in [0, 0.05) is 35.1 Å². The van der Waals surface area contributed by atoms with E-state index in [0.717, 1.165) is 10.9 Å². The van der Waals surface area contributed by atoms with Crippen LogP contribution in [0.5, 0.6) is 0 Å². The highest BCUT2D eigenvalue weighted by molar-refractivity contribution is 6.31. The molecular formula is C17H17ClN2O3. The topological polar surface area (TPSA) is 67.4 Å². The van der Waals surface area contributed by atoms with Crippen molar-refractivity contribution in [2.45, 2.75) is 19.1 Å². The molecule has 0 aliphatic carbocycles. The molecule has 5 nitrogen and oxygen atoms in total. The van der Waals surface area contributed by atoms with Gasteiger partial charge >= 0.3 is 0 Å². The second-order valence-electron chi connectivity index (χ2n) is 5.30. The molecule has 120 valence electrons. The maximum atomic E-state index is 11.9. The molecule has 2 heterocycles. The van der Waals surface area contributed by atoms with E-state index in [9.17, 15) is 9.90 Å². The van der Waals surface area contributed by atoms with Crippen molar-refractivity contribution in [3.63, 3.8) is 0 Å². The number of aliphatic hydroxyl groups is 1. The van der Waals surface area contributed by atoms with E-state index in [0.29, 0.717) is 23.7 Å². The van der Waals surface area contributed by atoms with Gasteiger partial charge < -0.3 is 19.4 Å². The summed E-state index contributed by atoms with van der Waals surface area (Å²) in [6.45, 7) is 0.697. The highest BCUT2D eigenvalue weighted by Crippen LogP contribution is 2.20. The molecule has 3 aromatic rings. The maximum absolute atomic E-state index is 11.9. The van der Waals surface area contributed by atoms with Gasteiger partial charge in [-0.1, -0.05) is 11.6 Å². The number of rotatable bonds is 6. The minimum absolute atomic E-state index is 0.119. The molecule has 3 rings (SSSR count). The van der Waals surface area contributed by atoms with E-state index in [2.05, 4.69) is 5.32 Å². The van der Waals surface area contributed by atoms with Gasteiger partial charge in [0.15, 0.2) is 0 Å². The van der Waals surface area contributed by atoms with Gasteiger partial charge in [0.1, 0.15) is 11.9 Å². The standard InChI is InChI=1S/C17H17ClN2O3/c18-13-3-4-14-12(10-13)5-7-20(14)8-6-17(22)19-11-15(21)16-2-1-9-23-16/h1-5,7,9-10,15,21H,6,8,11H2,(H,19,22)/t15-/m0/s1. The van der Waals surface area contributed by atoms with E-state index in [1.807, 2.05) is 35.0 Å². The summed E-state index contributed by atoms with van der Waals surface area (Å²) in [6, 6.07) is 11.0. The highest BCUT2D eigenvalue weighted by atomic mass is 35.5. The molecule has 0 aliphatic rings. The third-order valence-corrected chi connectivity index (χ3v) is 3.91. The molecule has 23 heavy (non-hydrogen) atoms. The Morgan fingerprint density at radius 2 is 2.22 bits per heavy atom. The number of furan rings is 1. The lowest BCUT2D eigenvalue weighted by Gasteiger charge is -2.10. The van der Waals surface area contributed by atoms with Crippen molar-refractivity contribution in [1.82, 2.24) is 9.88 Å². The van der Waals surface area contributed by atoms with Gasteiger partial charge in [-0.2, -0.15) is 0 Å². The number of halogens is 1. The summed E-state index contributed by atoms with van der Waals surface area (Å²) < 4.78 is 7.10. The molecule has 0 bridgehead atoms. The Bertz CT molecular complexity index is 795. The fraction of sp³-hybridized carbons (Fsp3) is 0.235. The quantitative estimate of drug-likeness (QED) is 0.728. The van der Waals surface area contributed by atoms with Crippen molar-refractivity contribution in [2.75, 3.05) is 6.54 Å². The lowest BCUT2D eigenvalue weighted by atomic mass is 10.2. The molecule has 2 N–H and O–H groups in total. The van der Waals surface area contributed by atoms with Crippen LogP contribution in [0.2, 0.25) is 5.02 Å². The first kappa shape index (κ1) is 15.6. The normalized spacial score (nSPS) is 12.4. The van der Waals surface area contributed by atoms with Crippen molar-refractivity contribution >= 4 is 28.4 Å². The highest BCUT2D eigenvalue weighted by Gasteiger charge is 2.12. The van der Waals surface area contributed by atoms with Crippen LogP contribution in [0.15, 0.2) is 53.3 Å². The summed E-state index contributed by atoms with van der Waals surface area (Å²) in [4.78, 5) is 11.9. The lowest BCUT2D eigenvalue weighted by Crippen LogP contribution is -2.28. The Morgan fingerprint density at radius 3 is 3.00 bits per heavy atom. The van der Waals surface area contributed by atoms with Crippen LogP contribution in [0.25, 0.3) is 10.9 Å². The van der Waals surface area contributed by atoms with Crippen LogP contribution in [-0.4, -0.2) is 22.1 Å². The predicted octanol–water partition coefficient (Wildman–Crippen LogP) is 3.13. The zero-order valence-corrected chi connectivity index (χ0v) is 13.2. The van der Waals surface area contributed by atoms with Crippen molar-refractivity contribution in [2.24, 2.45) is 0 Å². The third kappa shape index (κ3) is 3.75. The van der Waals surface area contributed by atoms with Crippen LogP contribution < -0.4 is 5.32 Å². The van der Waals surface area contributed by atoms with Crippen LogP contribution in [0, 0.1) is 0 Å². The van der Waals surface area contributed by atoms with Crippen LogP contribution >= 0.6 is 11.6 Å². The van der Waals surface area contributed by atoms with Crippen LogP contribution in [0.4, 0.5) is 0 Å². The number of aliphatic hydroxyl groups excluding tert-OH is 1. The zero-order chi connectivity index (χ0) is 16.2. The smallest absolute Gasteiger partial charge is 0.221 e. The second kappa shape index (κ2) is 6.89. The molecule has 1 aromatic carbocycles. The summed E-state index contributed by atoms with van der Waals surface area (Å²) in [6.07, 6.45) is 2.93. The molecule has 1 amide bonds. The average molecular weight is 333 g/mol. The third-order valence-electron chi connectivity index (χ3n) is 3.68. The van der Waals surface area contributed by atoms with E-state index >= 15 is 0 Å². The summed E-state index contributed by atoms with van der Waals surface area (Å²) in [7, 11) is 0. The van der Waals surface area contributed by atoms with Gasteiger partial charge in [-0.05, 0) is 36.4 Å².